The van der Waals surface area contributed by atoms with Gasteiger partial charge in [-0.2, -0.15) is 0 Å². The van der Waals surface area contributed by atoms with Gasteiger partial charge in [-0.3, -0.25) is 9.59 Å². The van der Waals surface area contributed by atoms with E-state index in [2.05, 4.69) is 10.3 Å². The summed E-state index contributed by atoms with van der Waals surface area (Å²) in [6.07, 6.45) is 3.20. The molecular formula is C13H22N4O2. The Morgan fingerprint density at radius 1 is 1.47 bits per heavy atom. The summed E-state index contributed by atoms with van der Waals surface area (Å²) >= 11 is 0. The molecule has 0 saturated heterocycles. The summed E-state index contributed by atoms with van der Waals surface area (Å²) in [5, 5.41) is 2.88. The molecule has 0 saturated carbocycles. The summed E-state index contributed by atoms with van der Waals surface area (Å²) in [5.74, 6) is 0.144. The molecular weight excluding hydrogens is 244 g/mol. The van der Waals surface area contributed by atoms with E-state index in [1.54, 1.807) is 35.8 Å². The molecule has 19 heavy (non-hydrogen) atoms. The molecule has 1 heterocycles. The number of likely N-dealkylation sites (N-methyl/N-ethyl adjacent to an activating group) is 1. The summed E-state index contributed by atoms with van der Waals surface area (Å²) in [4.78, 5) is 29.7. The molecule has 1 aromatic rings. The van der Waals surface area contributed by atoms with Crippen molar-refractivity contribution in [2.24, 2.45) is 0 Å². The first kappa shape index (κ1) is 15.2. The minimum absolute atomic E-state index is 0.0559. The molecule has 106 valence electrons. The van der Waals surface area contributed by atoms with E-state index in [-0.39, 0.29) is 23.3 Å². The van der Waals surface area contributed by atoms with Crippen molar-refractivity contribution in [2.45, 2.75) is 39.8 Å². The van der Waals surface area contributed by atoms with Crippen LogP contribution in [0.3, 0.4) is 0 Å². The Morgan fingerprint density at radius 3 is 2.63 bits per heavy atom. The Morgan fingerprint density at radius 2 is 2.11 bits per heavy atom. The third-order valence-corrected chi connectivity index (χ3v) is 3.00. The molecule has 1 rings (SSSR count). The van der Waals surface area contributed by atoms with E-state index in [1.165, 1.54) is 0 Å². The summed E-state index contributed by atoms with van der Waals surface area (Å²) < 4.78 is 1.58. The van der Waals surface area contributed by atoms with Crippen LogP contribution in [0.5, 0.6) is 0 Å². The molecule has 1 atom stereocenters. The first-order valence-electron chi connectivity index (χ1n) is 6.47. The van der Waals surface area contributed by atoms with Gasteiger partial charge in [-0.15, -0.1) is 0 Å². The third kappa shape index (κ3) is 3.56. The molecule has 0 spiro atoms. The van der Waals surface area contributed by atoms with Crippen LogP contribution in [-0.2, 0) is 4.79 Å². The van der Waals surface area contributed by atoms with Gasteiger partial charge in [0.05, 0.1) is 0 Å². The van der Waals surface area contributed by atoms with Crippen LogP contribution < -0.4 is 10.9 Å². The zero-order valence-corrected chi connectivity index (χ0v) is 12.2. The van der Waals surface area contributed by atoms with Gasteiger partial charge in [0.15, 0.2) is 5.82 Å². The van der Waals surface area contributed by atoms with E-state index in [0.29, 0.717) is 6.54 Å². The normalized spacial score (nSPS) is 12.3. The number of hydrogen-bond acceptors (Lipinski definition) is 4. The Kier molecular flexibility index (Phi) is 5.09. The lowest BCUT2D eigenvalue weighted by Gasteiger charge is -2.21. The average Bonchev–Trinajstić information content (AvgIpc) is 2.38. The number of nitrogens with zero attached hydrogens (tertiary/aromatic N) is 3. The molecule has 0 radical (unpaired) electrons. The highest BCUT2D eigenvalue weighted by Crippen LogP contribution is 2.04. The number of nitrogens with one attached hydrogen (secondary N) is 1. The molecule has 6 heteroatoms. The standard InChI is InChI=1S/C13H22N4O2/c1-6-16(5)12(18)10(4)15-11-13(19)17(9(2)3)8-7-14-11/h7-10H,6H2,1-5H3,(H,14,15). The molecule has 1 N–H and O–H groups in total. The second kappa shape index (κ2) is 6.36. The molecule has 1 unspecified atom stereocenters. The smallest absolute Gasteiger partial charge is 0.293 e. The van der Waals surface area contributed by atoms with Crippen molar-refractivity contribution in [3.63, 3.8) is 0 Å². The monoisotopic (exact) mass is 266 g/mol. The second-order valence-corrected chi connectivity index (χ2v) is 4.80. The van der Waals surface area contributed by atoms with Crippen molar-refractivity contribution in [1.82, 2.24) is 14.5 Å². The van der Waals surface area contributed by atoms with Crippen molar-refractivity contribution < 1.29 is 4.79 Å². The molecule has 1 amide bonds. The number of aromatic nitrogens is 2. The van der Waals surface area contributed by atoms with E-state index < -0.39 is 6.04 Å². The van der Waals surface area contributed by atoms with Gasteiger partial charge in [-0.25, -0.2) is 4.98 Å². The van der Waals surface area contributed by atoms with Crippen LogP contribution in [0.4, 0.5) is 5.82 Å². The van der Waals surface area contributed by atoms with E-state index in [9.17, 15) is 9.59 Å². The Balaban J connectivity index is 2.92. The van der Waals surface area contributed by atoms with Crippen LogP contribution in [0.15, 0.2) is 17.2 Å². The summed E-state index contributed by atoms with van der Waals surface area (Å²) in [7, 11) is 1.73. The minimum atomic E-state index is -0.479. The highest BCUT2D eigenvalue weighted by atomic mass is 16.2. The minimum Gasteiger partial charge on any atom is -0.354 e. The maximum absolute atomic E-state index is 12.1. The fraction of sp³-hybridized carbons (Fsp3) is 0.615. The number of carbonyl (C=O) groups is 1. The maximum Gasteiger partial charge on any atom is 0.293 e. The van der Waals surface area contributed by atoms with Gasteiger partial charge in [0.2, 0.25) is 5.91 Å². The summed E-state index contributed by atoms with van der Waals surface area (Å²) in [5.41, 5.74) is -0.212. The summed E-state index contributed by atoms with van der Waals surface area (Å²) in [6, 6.07) is -0.423. The van der Waals surface area contributed by atoms with Crippen molar-refractivity contribution in [1.29, 1.82) is 0 Å². The van der Waals surface area contributed by atoms with Crippen LogP contribution in [0.25, 0.3) is 0 Å². The Hall–Kier alpha value is -1.85. The highest BCUT2D eigenvalue weighted by molar-refractivity contribution is 5.83. The molecule has 0 aliphatic rings. The zero-order chi connectivity index (χ0) is 14.6. The number of anilines is 1. The molecule has 6 nitrogen and oxygen atoms in total. The lowest BCUT2D eigenvalue weighted by atomic mass is 10.3. The van der Waals surface area contributed by atoms with Gasteiger partial charge in [-0.1, -0.05) is 0 Å². The highest BCUT2D eigenvalue weighted by Gasteiger charge is 2.18. The Bertz CT molecular complexity index is 496. The maximum atomic E-state index is 12.1. The molecule has 0 aromatic carbocycles. The van der Waals surface area contributed by atoms with E-state index in [1.807, 2.05) is 20.8 Å². The molecule has 0 bridgehead atoms. The van der Waals surface area contributed by atoms with Gasteiger partial charge in [-0.05, 0) is 27.7 Å². The van der Waals surface area contributed by atoms with Gasteiger partial charge < -0.3 is 14.8 Å². The Labute approximate surface area is 113 Å². The van der Waals surface area contributed by atoms with Gasteiger partial charge in [0.1, 0.15) is 6.04 Å². The predicted molar refractivity (Wildman–Crippen MR) is 75.3 cm³/mol. The number of hydrogen-bond donors (Lipinski definition) is 1. The molecule has 0 fully saturated rings. The van der Waals surface area contributed by atoms with Crippen molar-refractivity contribution in [3.05, 3.63) is 22.7 Å². The number of rotatable bonds is 5. The topological polar surface area (TPSA) is 67.2 Å². The van der Waals surface area contributed by atoms with E-state index in [4.69, 9.17) is 0 Å². The van der Waals surface area contributed by atoms with Crippen molar-refractivity contribution >= 4 is 11.7 Å². The lowest BCUT2D eigenvalue weighted by molar-refractivity contribution is -0.130. The van der Waals surface area contributed by atoms with Gasteiger partial charge in [0, 0.05) is 32.0 Å². The van der Waals surface area contributed by atoms with Crippen LogP contribution >= 0.6 is 0 Å². The van der Waals surface area contributed by atoms with Crippen LogP contribution in [0.1, 0.15) is 33.7 Å². The largest absolute Gasteiger partial charge is 0.354 e. The first-order valence-corrected chi connectivity index (χ1v) is 6.47. The first-order chi connectivity index (χ1) is 8.88. The molecule has 0 aliphatic carbocycles. The average molecular weight is 266 g/mol. The van der Waals surface area contributed by atoms with E-state index in [0.717, 1.165) is 0 Å². The zero-order valence-electron chi connectivity index (χ0n) is 12.2. The second-order valence-electron chi connectivity index (χ2n) is 4.80. The van der Waals surface area contributed by atoms with Gasteiger partial charge in [0.25, 0.3) is 5.56 Å². The van der Waals surface area contributed by atoms with Crippen LogP contribution in [0, 0.1) is 0 Å². The van der Waals surface area contributed by atoms with Crippen LogP contribution in [-0.4, -0.2) is 40.0 Å². The lowest BCUT2D eigenvalue weighted by Crippen LogP contribution is -2.40. The van der Waals surface area contributed by atoms with E-state index >= 15 is 0 Å². The number of amides is 1. The summed E-state index contributed by atoms with van der Waals surface area (Å²) in [6.45, 7) is 8.10. The predicted octanol–water partition coefficient (Wildman–Crippen LogP) is 1.10. The van der Waals surface area contributed by atoms with Crippen molar-refractivity contribution in [2.75, 3.05) is 18.9 Å². The quantitative estimate of drug-likeness (QED) is 0.866. The van der Waals surface area contributed by atoms with Crippen LogP contribution in [0.2, 0.25) is 0 Å². The molecule has 0 aliphatic heterocycles. The fourth-order valence-corrected chi connectivity index (χ4v) is 1.68. The van der Waals surface area contributed by atoms with Gasteiger partial charge >= 0.3 is 0 Å². The SMILES string of the molecule is CCN(C)C(=O)C(C)Nc1nccn(C(C)C)c1=O. The van der Waals surface area contributed by atoms with Crippen molar-refractivity contribution in [3.8, 4) is 0 Å². The molecule has 1 aromatic heterocycles. The fourth-order valence-electron chi connectivity index (χ4n) is 1.68. The number of carbonyl (C=O) groups excluding carboxylic acids is 1. The third-order valence-electron chi connectivity index (χ3n) is 3.00.